The highest BCUT2D eigenvalue weighted by molar-refractivity contribution is 14.0. The normalized spacial score (nSPS) is 16.1. The van der Waals surface area contributed by atoms with Gasteiger partial charge >= 0.3 is 0 Å². The van der Waals surface area contributed by atoms with E-state index in [0.717, 1.165) is 38.7 Å². The average molecular weight is 448 g/mol. The van der Waals surface area contributed by atoms with E-state index in [1.54, 1.807) is 0 Å². The summed E-state index contributed by atoms with van der Waals surface area (Å²) in [6.45, 7) is 9.53. The second kappa shape index (κ2) is 9.61. The van der Waals surface area contributed by atoms with Crippen molar-refractivity contribution in [3.8, 4) is 0 Å². The number of nitrogens with one attached hydrogen (secondary N) is 1. The quantitative estimate of drug-likeness (QED) is 0.436. The summed E-state index contributed by atoms with van der Waals surface area (Å²) in [6, 6.07) is 10.6. The van der Waals surface area contributed by atoms with Gasteiger partial charge in [-0.05, 0) is 32.2 Å². The van der Waals surface area contributed by atoms with Crippen LogP contribution in [-0.2, 0) is 0 Å². The monoisotopic (exact) mass is 448 g/mol. The molecule has 0 bridgehead atoms. The van der Waals surface area contributed by atoms with Gasteiger partial charge in [-0.15, -0.1) is 24.0 Å². The highest BCUT2D eigenvalue weighted by atomic mass is 127. The molecule has 0 amide bonds. The molecule has 1 N–H and O–H groups in total. The molecule has 1 saturated heterocycles. The third-order valence-electron chi connectivity index (χ3n) is 4.14. The predicted octanol–water partition coefficient (Wildman–Crippen LogP) is 3.14. The third kappa shape index (κ3) is 6.06. The molecule has 130 valence electrons. The van der Waals surface area contributed by atoms with Crippen LogP contribution in [0.25, 0.3) is 0 Å². The maximum Gasteiger partial charge on any atom is 0.193 e. The Balaban J connectivity index is 0.00000264. The van der Waals surface area contributed by atoms with Crippen LogP contribution in [0.15, 0.2) is 35.3 Å². The summed E-state index contributed by atoms with van der Waals surface area (Å²) in [7, 11) is 1.87. The molecule has 0 saturated carbocycles. The van der Waals surface area contributed by atoms with E-state index in [-0.39, 0.29) is 28.7 Å². The number of piperazine rings is 1. The Morgan fingerprint density at radius 2 is 1.78 bits per heavy atom. The van der Waals surface area contributed by atoms with Crippen LogP contribution in [-0.4, -0.2) is 61.6 Å². The first kappa shape index (κ1) is 20.4. The highest BCUT2D eigenvalue weighted by Gasteiger charge is 2.22. The molecule has 1 aromatic rings. The fourth-order valence-corrected chi connectivity index (χ4v) is 2.73. The number of rotatable bonds is 4. The molecular formula is C17H29IN4S. The van der Waals surface area contributed by atoms with Crippen molar-refractivity contribution in [2.45, 2.75) is 18.6 Å². The summed E-state index contributed by atoms with van der Waals surface area (Å²) in [5.74, 6) is 1.02. The molecule has 6 heteroatoms. The van der Waals surface area contributed by atoms with E-state index in [2.05, 4.69) is 70.5 Å². The molecule has 4 nitrogen and oxygen atoms in total. The van der Waals surface area contributed by atoms with Gasteiger partial charge in [-0.25, -0.2) is 0 Å². The lowest BCUT2D eigenvalue weighted by atomic mass is 10.2. The number of hydrogen-bond donors (Lipinski definition) is 1. The second-order valence-electron chi connectivity index (χ2n) is 6.17. The molecule has 1 aliphatic rings. The van der Waals surface area contributed by atoms with Crippen LogP contribution in [0, 0.1) is 0 Å². The summed E-state index contributed by atoms with van der Waals surface area (Å²) < 4.78 is 0.224. The average Bonchev–Trinajstić information content (AvgIpc) is 2.57. The molecular weight excluding hydrogens is 419 g/mol. The van der Waals surface area contributed by atoms with Gasteiger partial charge in [-0.3, -0.25) is 4.99 Å². The molecule has 23 heavy (non-hydrogen) atoms. The Bertz CT molecular complexity index is 485. The lowest BCUT2D eigenvalue weighted by Gasteiger charge is -2.38. The van der Waals surface area contributed by atoms with Crippen molar-refractivity contribution in [2.75, 3.05) is 50.9 Å². The van der Waals surface area contributed by atoms with E-state index in [4.69, 9.17) is 0 Å². The molecule has 0 atom stereocenters. The van der Waals surface area contributed by atoms with Crippen molar-refractivity contribution in [3.63, 3.8) is 0 Å². The van der Waals surface area contributed by atoms with Crippen LogP contribution < -0.4 is 10.2 Å². The first-order chi connectivity index (χ1) is 10.6. The zero-order valence-electron chi connectivity index (χ0n) is 14.6. The molecule has 0 aromatic heterocycles. The third-order valence-corrected chi connectivity index (χ3v) is 5.39. The van der Waals surface area contributed by atoms with Gasteiger partial charge in [0.2, 0.25) is 0 Å². The topological polar surface area (TPSA) is 30.9 Å². The van der Waals surface area contributed by atoms with Crippen molar-refractivity contribution in [3.05, 3.63) is 30.3 Å². The van der Waals surface area contributed by atoms with Crippen LogP contribution in [0.2, 0.25) is 0 Å². The second-order valence-corrected chi connectivity index (χ2v) is 7.69. The van der Waals surface area contributed by atoms with Crippen LogP contribution >= 0.6 is 35.7 Å². The van der Waals surface area contributed by atoms with E-state index in [0.29, 0.717) is 0 Å². The van der Waals surface area contributed by atoms with Gasteiger partial charge < -0.3 is 15.1 Å². The number of aliphatic imine (C=N–C) groups is 1. The summed E-state index contributed by atoms with van der Waals surface area (Å²) >= 11 is 1.88. The molecule has 1 aliphatic heterocycles. The van der Waals surface area contributed by atoms with Crippen molar-refractivity contribution in [2.24, 2.45) is 4.99 Å². The summed E-state index contributed by atoms with van der Waals surface area (Å²) in [5.41, 5.74) is 1.31. The van der Waals surface area contributed by atoms with Crippen molar-refractivity contribution >= 4 is 47.4 Å². The molecule has 0 unspecified atom stereocenters. The summed E-state index contributed by atoms with van der Waals surface area (Å²) in [6.07, 6.45) is 2.16. The zero-order chi connectivity index (χ0) is 16.0. The van der Waals surface area contributed by atoms with Crippen LogP contribution in [0.1, 0.15) is 13.8 Å². The molecule has 1 aromatic carbocycles. The largest absolute Gasteiger partial charge is 0.368 e. The smallest absolute Gasteiger partial charge is 0.193 e. The number of anilines is 1. The number of halogens is 1. The Hall–Kier alpha value is -0.630. The molecule has 1 fully saturated rings. The minimum absolute atomic E-state index is 0. The summed E-state index contributed by atoms with van der Waals surface area (Å²) in [4.78, 5) is 9.25. The van der Waals surface area contributed by atoms with Gasteiger partial charge in [0.25, 0.3) is 0 Å². The van der Waals surface area contributed by atoms with Crippen molar-refractivity contribution in [1.29, 1.82) is 0 Å². The summed E-state index contributed by atoms with van der Waals surface area (Å²) in [5, 5.41) is 3.52. The first-order valence-corrected chi connectivity index (χ1v) is 9.09. The zero-order valence-corrected chi connectivity index (χ0v) is 17.7. The van der Waals surface area contributed by atoms with E-state index in [1.165, 1.54) is 5.69 Å². The Labute approximate surface area is 162 Å². The fourth-order valence-electron chi connectivity index (χ4n) is 2.51. The van der Waals surface area contributed by atoms with Gasteiger partial charge in [0.1, 0.15) is 0 Å². The standard InChI is InChI=1S/C17H28N4S.HI/c1-17(2,22-4)14-19-16(18-3)21-12-10-20(11-13-21)15-8-6-5-7-9-15;/h5-9H,10-14H2,1-4H3,(H,18,19);1H. The van der Waals surface area contributed by atoms with Gasteiger partial charge in [-0.1, -0.05) is 18.2 Å². The van der Waals surface area contributed by atoms with Gasteiger partial charge in [0.05, 0.1) is 0 Å². The Morgan fingerprint density at radius 3 is 2.30 bits per heavy atom. The van der Waals surface area contributed by atoms with Crippen molar-refractivity contribution in [1.82, 2.24) is 10.2 Å². The number of benzene rings is 1. The maximum absolute atomic E-state index is 4.45. The van der Waals surface area contributed by atoms with Gasteiger partial charge in [-0.2, -0.15) is 11.8 Å². The van der Waals surface area contributed by atoms with E-state index >= 15 is 0 Å². The molecule has 0 aliphatic carbocycles. The molecule has 1 heterocycles. The predicted molar refractivity (Wildman–Crippen MR) is 115 cm³/mol. The van der Waals surface area contributed by atoms with Gasteiger partial charge in [0.15, 0.2) is 5.96 Å². The first-order valence-electron chi connectivity index (χ1n) is 7.86. The van der Waals surface area contributed by atoms with E-state index < -0.39 is 0 Å². The number of guanidine groups is 1. The maximum atomic E-state index is 4.45. The molecule has 2 rings (SSSR count). The van der Waals surface area contributed by atoms with Gasteiger partial charge in [0, 0.05) is 50.2 Å². The minimum atomic E-state index is 0. The van der Waals surface area contributed by atoms with Crippen LogP contribution in [0.3, 0.4) is 0 Å². The minimum Gasteiger partial charge on any atom is -0.368 e. The lowest BCUT2D eigenvalue weighted by Crippen LogP contribution is -2.54. The Kier molecular flexibility index (Phi) is 8.53. The van der Waals surface area contributed by atoms with Crippen LogP contribution in [0.4, 0.5) is 5.69 Å². The highest BCUT2D eigenvalue weighted by Crippen LogP contribution is 2.20. The SMILES string of the molecule is CN=C(NCC(C)(C)SC)N1CCN(c2ccccc2)CC1.I. The number of para-hydroxylation sites is 1. The number of thioether (sulfide) groups is 1. The lowest BCUT2D eigenvalue weighted by molar-refractivity contribution is 0.371. The molecule has 0 radical (unpaired) electrons. The fraction of sp³-hybridized carbons (Fsp3) is 0.588. The molecule has 0 spiro atoms. The number of nitrogens with zero attached hydrogens (tertiary/aromatic N) is 3. The Morgan fingerprint density at radius 1 is 1.17 bits per heavy atom. The number of hydrogen-bond acceptors (Lipinski definition) is 3. The van der Waals surface area contributed by atoms with E-state index in [1.807, 2.05) is 18.8 Å². The van der Waals surface area contributed by atoms with Crippen LogP contribution in [0.5, 0.6) is 0 Å². The van der Waals surface area contributed by atoms with Crippen molar-refractivity contribution < 1.29 is 0 Å². The van der Waals surface area contributed by atoms with E-state index in [9.17, 15) is 0 Å².